The van der Waals surface area contributed by atoms with Crippen molar-refractivity contribution in [2.24, 2.45) is 5.92 Å². The van der Waals surface area contributed by atoms with Crippen molar-refractivity contribution in [3.63, 3.8) is 0 Å². The molecule has 1 N–H and O–H groups in total. The Bertz CT molecular complexity index is 879. The number of rotatable bonds is 5. The van der Waals surface area contributed by atoms with Gasteiger partial charge in [0.25, 0.3) is 5.91 Å². The standard InChI is InChI=1S/C19H21ClN2OS/c1-12(2)10-21-19(23)17-9-18-16(8-13(3)24-18)22(17)11-14-6-4-5-7-15(14)20/h4-9,12H,10-11H2,1-3H3,(H,21,23). The summed E-state index contributed by atoms with van der Waals surface area (Å²) < 4.78 is 3.20. The van der Waals surface area contributed by atoms with Gasteiger partial charge in [-0.25, -0.2) is 0 Å². The zero-order valence-electron chi connectivity index (χ0n) is 14.1. The number of aromatic nitrogens is 1. The monoisotopic (exact) mass is 360 g/mol. The maximum atomic E-state index is 12.6. The van der Waals surface area contributed by atoms with Crippen LogP contribution in [0.3, 0.4) is 0 Å². The summed E-state index contributed by atoms with van der Waals surface area (Å²) in [7, 11) is 0. The van der Waals surface area contributed by atoms with Gasteiger partial charge in [-0.2, -0.15) is 0 Å². The summed E-state index contributed by atoms with van der Waals surface area (Å²) in [4.78, 5) is 13.9. The number of halogens is 1. The number of thiophene rings is 1. The minimum Gasteiger partial charge on any atom is -0.351 e. The molecule has 0 radical (unpaired) electrons. The molecule has 24 heavy (non-hydrogen) atoms. The zero-order chi connectivity index (χ0) is 17.3. The van der Waals surface area contributed by atoms with Crippen molar-refractivity contribution >= 4 is 39.1 Å². The molecule has 126 valence electrons. The molecule has 3 aromatic rings. The maximum Gasteiger partial charge on any atom is 0.267 e. The molecule has 0 bridgehead atoms. The molecule has 0 spiro atoms. The number of hydrogen-bond donors (Lipinski definition) is 1. The van der Waals surface area contributed by atoms with E-state index >= 15 is 0 Å². The fourth-order valence-electron chi connectivity index (χ4n) is 2.71. The van der Waals surface area contributed by atoms with Crippen molar-refractivity contribution in [3.05, 3.63) is 57.6 Å². The second-order valence-corrected chi connectivity index (χ2v) is 8.11. The van der Waals surface area contributed by atoms with Crippen molar-refractivity contribution in [3.8, 4) is 0 Å². The predicted octanol–water partition coefficient (Wildman–Crippen LogP) is 5.10. The average molecular weight is 361 g/mol. The number of amides is 1. The predicted molar refractivity (Wildman–Crippen MR) is 102 cm³/mol. The van der Waals surface area contributed by atoms with Crippen LogP contribution in [0.15, 0.2) is 36.4 Å². The maximum absolute atomic E-state index is 12.6. The molecule has 0 aliphatic rings. The number of benzene rings is 1. The Hall–Kier alpha value is -1.78. The van der Waals surface area contributed by atoms with E-state index < -0.39 is 0 Å². The van der Waals surface area contributed by atoms with Crippen molar-refractivity contribution in [1.29, 1.82) is 0 Å². The molecule has 0 aliphatic heterocycles. The number of nitrogens with one attached hydrogen (secondary N) is 1. The summed E-state index contributed by atoms with van der Waals surface area (Å²) in [5.74, 6) is 0.390. The molecule has 0 atom stereocenters. The molecule has 3 rings (SSSR count). The van der Waals surface area contributed by atoms with Crippen LogP contribution in [-0.2, 0) is 6.54 Å². The molecule has 5 heteroatoms. The van der Waals surface area contributed by atoms with E-state index in [0.717, 1.165) is 20.8 Å². The second kappa shape index (κ2) is 6.99. The van der Waals surface area contributed by atoms with E-state index in [4.69, 9.17) is 11.6 Å². The summed E-state index contributed by atoms with van der Waals surface area (Å²) in [5.41, 5.74) is 2.79. The van der Waals surface area contributed by atoms with Gasteiger partial charge in [-0.15, -0.1) is 11.3 Å². The lowest BCUT2D eigenvalue weighted by Gasteiger charge is -2.13. The molecular formula is C19H21ClN2OS. The SMILES string of the molecule is Cc1cc2c(cc(C(=O)NCC(C)C)n2Cc2ccccc2Cl)s1. The first kappa shape index (κ1) is 17.1. The highest BCUT2D eigenvalue weighted by Crippen LogP contribution is 2.30. The Kier molecular flexibility index (Phi) is 4.97. The van der Waals surface area contributed by atoms with Crippen LogP contribution >= 0.6 is 22.9 Å². The smallest absolute Gasteiger partial charge is 0.267 e. The number of carbonyl (C=O) groups excluding carboxylic acids is 1. The van der Waals surface area contributed by atoms with E-state index in [2.05, 4.69) is 36.7 Å². The van der Waals surface area contributed by atoms with Gasteiger partial charge in [0.05, 0.1) is 10.2 Å². The number of aryl methyl sites for hydroxylation is 1. The van der Waals surface area contributed by atoms with E-state index in [1.807, 2.05) is 30.3 Å². The van der Waals surface area contributed by atoms with Crippen molar-refractivity contribution in [2.75, 3.05) is 6.54 Å². The van der Waals surface area contributed by atoms with Gasteiger partial charge < -0.3 is 9.88 Å². The van der Waals surface area contributed by atoms with Crippen LogP contribution in [0, 0.1) is 12.8 Å². The van der Waals surface area contributed by atoms with Crippen molar-refractivity contribution in [2.45, 2.75) is 27.3 Å². The molecule has 0 saturated heterocycles. The lowest BCUT2D eigenvalue weighted by atomic mass is 10.2. The summed E-state index contributed by atoms with van der Waals surface area (Å²) in [6.07, 6.45) is 0. The van der Waals surface area contributed by atoms with Crippen LogP contribution in [0.4, 0.5) is 0 Å². The molecule has 0 aliphatic carbocycles. The Morgan fingerprint density at radius 1 is 1.29 bits per heavy atom. The Labute approximate surface area is 151 Å². The molecule has 0 fully saturated rings. The van der Waals surface area contributed by atoms with Gasteiger partial charge in [0.15, 0.2) is 0 Å². The highest BCUT2D eigenvalue weighted by atomic mass is 35.5. The lowest BCUT2D eigenvalue weighted by molar-refractivity contribution is 0.0940. The third-order valence-electron chi connectivity index (χ3n) is 3.90. The highest BCUT2D eigenvalue weighted by Gasteiger charge is 2.18. The summed E-state index contributed by atoms with van der Waals surface area (Å²) in [6, 6.07) is 11.9. The van der Waals surface area contributed by atoms with Gasteiger partial charge in [0.2, 0.25) is 0 Å². The number of fused-ring (bicyclic) bond motifs is 1. The molecule has 2 heterocycles. The summed E-state index contributed by atoms with van der Waals surface area (Å²) in [6.45, 7) is 7.52. The second-order valence-electron chi connectivity index (χ2n) is 6.42. The van der Waals surface area contributed by atoms with Gasteiger partial charge in [0.1, 0.15) is 5.69 Å². The van der Waals surface area contributed by atoms with E-state index in [-0.39, 0.29) is 5.91 Å². The number of nitrogens with zero attached hydrogens (tertiary/aromatic N) is 1. The largest absolute Gasteiger partial charge is 0.351 e. The van der Waals surface area contributed by atoms with E-state index in [1.54, 1.807) is 11.3 Å². The average Bonchev–Trinajstić information content (AvgIpc) is 3.04. The Balaban J connectivity index is 2.01. The van der Waals surface area contributed by atoms with Gasteiger partial charge in [-0.3, -0.25) is 4.79 Å². The highest BCUT2D eigenvalue weighted by molar-refractivity contribution is 7.19. The van der Waals surface area contributed by atoms with E-state index in [1.165, 1.54) is 4.88 Å². The van der Waals surface area contributed by atoms with Gasteiger partial charge in [-0.05, 0) is 36.6 Å². The zero-order valence-corrected chi connectivity index (χ0v) is 15.7. The van der Waals surface area contributed by atoms with Gasteiger partial charge >= 0.3 is 0 Å². The fraction of sp³-hybridized carbons (Fsp3) is 0.316. The first-order valence-electron chi connectivity index (χ1n) is 8.07. The van der Waals surface area contributed by atoms with Gasteiger partial charge in [0, 0.05) is 23.0 Å². The topological polar surface area (TPSA) is 34.0 Å². The summed E-state index contributed by atoms with van der Waals surface area (Å²) in [5, 5.41) is 3.74. The normalized spacial score (nSPS) is 11.4. The molecule has 1 aromatic carbocycles. The first-order chi connectivity index (χ1) is 11.5. The number of carbonyl (C=O) groups is 1. The van der Waals surface area contributed by atoms with Crippen LogP contribution in [0.2, 0.25) is 5.02 Å². The minimum atomic E-state index is -0.0307. The van der Waals surface area contributed by atoms with Gasteiger partial charge in [-0.1, -0.05) is 43.6 Å². The lowest BCUT2D eigenvalue weighted by Crippen LogP contribution is -2.29. The van der Waals surface area contributed by atoms with Crippen molar-refractivity contribution < 1.29 is 4.79 Å². The molecule has 2 aromatic heterocycles. The number of hydrogen-bond acceptors (Lipinski definition) is 2. The molecular weight excluding hydrogens is 340 g/mol. The van der Waals surface area contributed by atoms with Crippen molar-refractivity contribution in [1.82, 2.24) is 9.88 Å². The molecule has 0 unspecified atom stereocenters. The van der Waals surface area contributed by atoms with E-state index in [0.29, 0.717) is 24.7 Å². The van der Waals surface area contributed by atoms with Crippen LogP contribution in [0.1, 0.15) is 34.8 Å². The Morgan fingerprint density at radius 2 is 2.04 bits per heavy atom. The van der Waals surface area contributed by atoms with E-state index in [9.17, 15) is 4.79 Å². The quantitative estimate of drug-likeness (QED) is 0.674. The van der Waals surface area contributed by atoms with Crippen LogP contribution in [-0.4, -0.2) is 17.0 Å². The fourth-order valence-corrected chi connectivity index (χ4v) is 3.87. The minimum absolute atomic E-state index is 0.0307. The molecule has 3 nitrogen and oxygen atoms in total. The van der Waals surface area contributed by atoms with Crippen LogP contribution in [0.5, 0.6) is 0 Å². The first-order valence-corrected chi connectivity index (χ1v) is 9.26. The molecule has 0 saturated carbocycles. The molecule has 1 amide bonds. The van der Waals surface area contributed by atoms with Crippen LogP contribution < -0.4 is 5.32 Å². The Morgan fingerprint density at radius 3 is 2.75 bits per heavy atom. The van der Waals surface area contributed by atoms with Crippen LogP contribution in [0.25, 0.3) is 10.2 Å². The summed E-state index contributed by atoms with van der Waals surface area (Å²) >= 11 is 8.03. The third kappa shape index (κ3) is 3.50. The third-order valence-corrected chi connectivity index (χ3v) is 5.26.